The van der Waals surface area contributed by atoms with Gasteiger partial charge in [0.05, 0.1) is 0 Å². The van der Waals surface area contributed by atoms with Gasteiger partial charge in [0.25, 0.3) is 0 Å². The van der Waals surface area contributed by atoms with Crippen molar-refractivity contribution < 1.29 is 4.79 Å². The standard InChI is InChI=1S/C22H29N5O/c1-18(2)20-7-4-19(5-8-20)6-9-21(28)23-12-13-26-14-16-27(17-15-26)22-24-10-3-11-25-22/h3-11,18H,12-17H2,1-2H3,(H,23,28). The lowest BCUT2D eigenvalue weighted by molar-refractivity contribution is -0.116. The maximum absolute atomic E-state index is 12.0. The van der Waals surface area contributed by atoms with Crippen molar-refractivity contribution in [3.63, 3.8) is 0 Å². The zero-order valence-corrected chi connectivity index (χ0v) is 16.7. The van der Waals surface area contributed by atoms with Gasteiger partial charge in [-0.3, -0.25) is 9.69 Å². The lowest BCUT2D eigenvalue weighted by Crippen LogP contribution is -2.48. The molecule has 1 amide bonds. The Bertz CT molecular complexity index is 765. The Balaban J connectivity index is 1.35. The van der Waals surface area contributed by atoms with Gasteiger partial charge in [0.15, 0.2) is 0 Å². The van der Waals surface area contributed by atoms with Crippen LogP contribution in [0.4, 0.5) is 5.95 Å². The highest BCUT2D eigenvalue weighted by Crippen LogP contribution is 2.15. The largest absolute Gasteiger partial charge is 0.351 e. The van der Waals surface area contributed by atoms with Crippen LogP contribution in [0.2, 0.25) is 0 Å². The summed E-state index contributed by atoms with van der Waals surface area (Å²) in [5.74, 6) is 1.26. The van der Waals surface area contributed by atoms with Crippen LogP contribution >= 0.6 is 0 Å². The zero-order valence-electron chi connectivity index (χ0n) is 16.7. The molecular formula is C22H29N5O. The molecule has 0 aliphatic carbocycles. The van der Waals surface area contributed by atoms with Crippen molar-refractivity contribution in [2.24, 2.45) is 0 Å². The number of hydrogen-bond donors (Lipinski definition) is 1. The maximum atomic E-state index is 12.0. The van der Waals surface area contributed by atoms with Gasteiger partial charge < -0.3 is 10.2 Å². The molecule has 0 atom stereocenters. The highest BCUT2D eigenvalue weighted by molar-refractivity contribution is 5.91. The molecule has 1 fully saturated rings. The number of benzene rings is 1. The van der Waals surface area contributed by atoms with Crippen molar-refractivity contribution in [2.45, 2.75) is 19.8 Å². The molecule has 2 heterocycles. The molecular weight excluding hydrogens is 350 g/mol. The quantitative estimate of drug-likeness (QED) is 0.749. The molecule has 1 aromatic carbocycles. The molecule has 148 valence electrons. The second-order valence-electron chi connectivity index (χ2n) is 7.32. The average Bonchev–Trinajstić information content (AvgIpc) is 2.74. The van der Waals surface area contributed by atoms with E-state index < -0.39 is 0 Å². The number of carbonyl (C=O) groups excluding carboxylic acids is 1. The summed E-state index contributed by atoms with van der Waals surface area (Å²) >= 11 is 0. The molecule has 1 aliphatic heterocycles. The van der Waals surface area contributed by atoms with Gasteiger partial charge in [0, 0.05) is 57.7 Å². The number of hydrogen-bond acceptors (Lipinski definition) is 5. The molecule has 28 heavy (non-hydrogen) atoms. The monoisotopic (exact) mass is 379 g/mol. The van der Waals surface area contributed by atoms with E-state index in [1.807, 2.05) is 12.1 Å². The number of carbonyl (C=O) groups is 1. The van der Waals surface area contributed by atoms with Crippen molar-refractivity contribution in [3.8, 4) is 0 Å². The lowest BCUT2D eigenvalue weighted by Gasteiger charge is -2.34. The first-order valence-electron chi connectivity index (χ1n) is 9.92. The number of piperazine rings is 1. The van der Waals surface area contributed by atoms with Crippen LogP contribution in [-0.2, 0) is 4.79 Å². The smallest absolute Gasteiger partial charge is 0.244 e. The van der Waals surface area contributed by atoms with Crippen molar-refractivity contribution >= 4 is 17.9 Å². The minimum Gasteiger partial charge on any atom is -0.351 e. The third-order valence-electron chi connectivity index (χ3n) is 4.96. The summed E-state index contributed by atoms with van der Waals surface area (Å²) < 4.78 is 0. The van der Waals surface area contributed by atoms with Crippen LogP contribution in [0, 0.1) is 0 Å². The number of nitrogens with one attached hydrogen (secondary N) is 1. The van der Waals surface area contributed by atoms with Crippen LogP contribution in [0.5, 0.6) is 0 Å². The van der Waals surface area contributed by atoms with Gasteiger partial charge >= 0.3 is 0 Å². The summed E-state index contributed by atoms with van der Waals surface area (Å²) in [6, 6.07) is 10.2. The Morgan fingerprint density at radius 3 is 2.43 bits per heavy atom. The summed E-state index contributed by atoms with van der Waals surface area (Å²) in [7, 11) is 0. The minimum absolute atomic E-state index is 0.0516. The van der Waals surface area contributed by atoms with Gasteiger partial charge in [0.1, 0.15) is 0 Å². The summed E-state index contributed by atoms with van der Waals surface area (Å²) in [5, 5.41) is 2.97. The zero-order chi connectivity index (χ0) is 19.8. The molecule has 3 rings (SSSR count). The predicted octanol–water partition coefficient (Wildman–Crippen LogP) is 2.55. The summed E-state index contributed by atoms with van der Waals surface area (Å²) in [6.07, 6.45) is 7.01. The van der Waals surface area contributed by atoms with Crippen molar-refractivity contribution in [2.75, 3.05) is 44.2 Å². The van der Waals surface area contributed by atoms with Crippen molar-refractivity contribution in [1.29, 1.82) is 0 Å². The van der Waals surface area contributed by atoms with Gasteiger partial charge in [0.2, 0.25) is 11.9 Å². The van der Waals surface area contributed by atoms with Crippen LogP contribution in [0.1, 0.15) is 30.9 Å². The molecule has 0 radical (unpaired) electrons. The minimum atomic E-state index is -0.0516. The van der Waals surface area contributed by atoms with Crippen molar-refractivity contribution in [3.05, 3.63) is 59.9 Å². The summed E-state index contributed by atoms with van der Waals surface area (Å²) in [6.45, 7) is 9.57. The van der Waals surface area contributed by atoms with Crippen LogP contribution in [0.15, 0.2) is 48.8 Å². The molecule has 1 saturated heterocycles. The normalized spacial score (nSPS) is 15.3. The highest BCUT2D eigenvalue weighted by Gasteiger charge is 2.18. The van der Waals surface area contributed by atoms with Gasteiger partial charge in [-0.2, -0.15) is 0 Å². The molecule has 6 heteroatoms. The Morgan fingerprint density at radius 2 is 1.79 bits per heavy atom. The average molecular weight is 380 g/mol. The van der Waals surface area contributed by atoms with Gasteiger partial charge in [-0.25, -0.2) is 9.97 Å². The Kier molecular flexibility index (Phi) is 7.14. The molecule has 0 unspecified atom stereocenters. The van der Waals surface area contributed by atoms with E-state index in [1.54, 1.807) is 18.5 Å². The highest BCUT2D eigenvalue weighted by atomic mass is 16.1. The van der Waals surface area contributed by atoms with E-state index in [0.29, 0.717) is 12.5 Å². The fourth-order valence-corrected chi connectivity index (χ4v) is 3.19. The van der Waals surface area contributed by atoms with E-state index in [2.05, 4.69) is 63.2 Å². The number of amides is 1. The van der Waals surface area contributed by atoms with Gasteiger partial charge in [-0.1, -0.05) is 38.1 Å². The molecule has 0 saturated carbocycles. The van der Waals surface area contributed by atoms with E-state index in [1.165, 1.54) is 5.56 Å². The number of aromatic nitrogens is 2. The number of rotatable bonds is 7. The fraction of sp³-hybridized carbons (Fsp3) is 0.409. The number of nitrogens with zero attached hydrogens (tertiary/aromatic N) is 4. The van der Waals surface area contributed by atoms with Crippen LogP contribution in [-0.4, -0.2) is 60.0 Å². The van der Waals surface area contributed by atoms with Gasteiger partial charge in [-0.05, 0) is 29.2 Å². The van der Waals surface area contributed by atoms with E-state index >= 15 is 0 Å². The second kappa shape index (κ2) is 9.99. The van der Waals surface area contributed by atoms with E-state index in [0.717, 1.165) is 44.2 Å². The Labute approximate surface area is 167 Å². The second-order valence-corrected chi connectivity index (χ2v) is 7.32. The first kappa shape index (κ1) is 20.0. The van der Waals surface area contributed by atoms with Crippen LogP contribution in [0.25, 0.3) is 6.08 Å². The molecule has 1 N–H and O–H groups in total. The van der Waals surface area contributed by atoms with Gasteiger partial charge in [-0.15, -0.1) is 0 Å². The fourth-order valence-electron chi connectivity index (χ4n) is 3.19. The van der Waals surface area contributed by atoms with E-state index in [-0.39, 0.29) is 5.91 Å². The Hall–Kier alpha value is -2.73. The molecule has 6 nitrogen and oxygen atoms in total. The number of anilines is 1. The first-order valence-corrected chi connectivity index (χ1v) is 9.92. The van der Waals surface area contributed by atoms with E-state index in [4.69, 9.17) is 0 Å². The molecule has 0 bridgehead atoms. The lowest BCUT2D eigenvalue weighted by atomic mass is 10.0. The molecule has 1 aliphatic rings. The topological polar surface area (TPSA) is 61.4 Å². The van der Waals surface area contributed by atoms with Crippen LogP contribution in [0.3, 0.4) is 0 Å². The molecule has 0 spiro atoms. The third kappa shape index (κ3) is 5.89. The predicted molar refractivity (Wildman–Crippen MR) is 113 cm³/mol. The van der Waals surface area contributed by atoms with Crippen molar-refractivity contribution in [1.82, 2.24) is 20.2 Å². The Morgan fingerprint density at radius 1 is 1.11 bits per heavy atom. The molecule has 2 aromatic rings. The summed E-state index contributed by atoms with van der Waals surface area (Å²) in [4.78, 5) is 25.2. The SMILES string of the molecule is CC(C)c1ccc(C=CC(=O)NCCN2CCN(c3ncccn3)CC2)cc1. The summed E-state index contributed by atoms with van der Waals surface area (Å²) in [5.41, 5.74) is 2.35. The third-order valence-corrected chi connectivity index (χ3v) is 4.96. The first-order chi connectivity index (χ1) is 13.6. The molecule has 1 aromatic heterocycles. The van der Waals surface area contributed by atoms with Crippen LogP contribution < -0.4 is 10.2 Å². The van der Waals surface area contributed by atoms with E-state index in [9.17, 15) is 4.79 Å². The maximum Gasteiger partial charge on any atom is 0.244 e.